The van der Waals surface area contributed by atoms with Gasteiger partial charge in [-0.1, -0.05) is 41.9 Å². The molecule has 0 atom stereocenters. The molecule has 0 spiro atoms. The van der Waals surface area contributed by atoms with Gasteiger partial charge in [-0.15, -0.1) is 0 Å². The molecule has 34 heavy (non-hydrogen) atoms. The van der Waals surface area contributed by atoms with Crippen molar-refractivity contribution >= 4 is 52.1 Å². The molecule has 2 heterocycles. The molecule has 5 rings (SSSR count). The number of halogens is 2. The van der Waals surface area contributed by atoms with E-state index >= 15 is 0 Å². The van der Waals surface area contributed by atoms with Crippen LogP contribution in [0.1, 0.15) is 11.1 Å². The maximum Gasteiger partial charge on any atom is 0.335 e. The highest BCUT2D eigenvalue weighted by Crippen LogP contribution is 2.27. The van der Waals surface area contributed by atoms with Crippen molar-refractivity contribution in [3.63, 3.8) is 0 Å². The molecule has 4 aromatic rings. The Kier molecular flexibility index (Phi) is 5.47. The first-order chi connectivity index (χ1) is 16.4. The van der Waals surface area contributed by atoms with Crippen molar-refractivity contribution in [2.45, 2.75) is 6.54 Å². The number of carbonyl (C=O) groups is 3. The van der Waals surface area contributed by atoms with E-state index in [2.05, 4.69) is 5.32 Å². The lowest BCUT2D eigenvalue weighted by molar-refractivity contribution is -0.122. The van der Waals surface area contributed by atoms with E-state index in [1.54, 1.807) is 24.3 Å². The van der Waals surface area contributed by atoms with Crippen LogP contribution in [0.5, 0.6) is 0 Å². The van der Waals surface area contributed by atoms with Gasteiger partial charge in [-0.05, 0) is 54.1 Å². The molecule has 0 unspecified atom stereocenters. The van der Waals surface area contributed by atoms with Crippen molar-refractivity contribution in [2.75, 3.05) is 4.90 Å². The molecule has 1 fully saturated rings. The Morgan fingerprint density at radius 1 is 0.912 bits per heavy atom. The van der Waals surface area contributed by atoms with Crippen molar-refractivity contribution in [3.8, 4) is 0 Å². The summed E-state index contributed by atoms with van der Waals surface area (Å²) in [5.41, 5.74) is 2.55. The second-order valence-corrected chi connectivity index (χ2v) is 8.23. The molecule has 1 saturated heterocycles. The van der Waals surface area contributed by atoms with Gasteiger partial charge in [-0.25, -0.2) is 14.1 Å². The standard InChI is InChI=1S/C26H17ClFN3O3/c27-18-7-11-20(12-8-18)31-25(33)22(24(32)29-26(31)34)13-17-15-30(23-4-2-1-3-21(17)23)14-16-5-9-19(28)10-6-16/h1-13,15H,14H2,(H,29,32,34). The number of urea groups is 1. The van der Waals surface area contributed by atoms with Crippen LogP contribution in [-0.2, 0) is 16.1 Å². The number of benzene rings is 3. The zero-order chi connectivity index (χ0) is 23.8. The molecular weight excluding hydrogens is 457 g/mol. The van der Waals surface area contributed by atoms with Crippen molar-refractivity contribution in [2.24, 2.45) is 0 Å². The number of anilines is 1. The number of hydrogen-bond acceptors (Lipinski definition) is 3. The molecule has 0 radical (unpaired) electrons. The van der Waals surface area contributed by atoms with E-state index in [1.807, 2.05) is 35.0 Å². The minimum absolute atomic E-state index is 0.167. The summed E-state index contributed by atoms with van der Waals surface area (Å²) in [5.74, 6) is -1.81. The number of carbonyl (C=O) groups excluding carboxylic acids is 3. The van der Waals surface area contributed by atoms with Crippen LogP contribution < -0.4 is 10.2 Å². The van der Waals surface area contributed by atoms with E-state index in [0.29, 0.717) is 22.8 Å². The summed E-state index contributed by atoms with van der Waals surface area (Å²) < 4.78 is 15.3. The highest BCUT2D eigenvalue weighted by Gasteiger charge is 2.37. The normalized spacial score (nSPS) is 15.3. The number of barbiturate groups is 1. The fourth-order valence-corrected chi connectivity index (χ4v) is 4.07. The fourth-order valence-electron chi connectivity index (χ4n) is 3.95. The van der Waals surface area contributed by atoms with Gasteiger partial charge in [0, 0.05) is 34.2 Å². The third-order valence-corrected chi connectivity index (χ3v) is 5.82. The van der Waals surface area contributed by atoms with Crippen LogP contribution in [0.25, 0.3) is 17.0 Å². The average Bonchev–Trinajstić information content (AvgIpc) is 3.16. The van der Waals surface area contributed by atoms with Crippen LogP contribution in [0.15, 0.2) is 84.6 Å². The topological polar surface area (TPSA) is 71.4 Å². The highest BCUT2D eigenvalue weighted by molar-refractivity contribution is 6.39. The number of rotatable bonds is 4. The van der Waals surface area contributed by atoms with Crippen LogP contribution in [0.4, 0.5) is 14.9 Å². The molecule has 3 aromatic carbocycles. The number of fused-ring (bicyclic) bond motifs is 1. The summed E-state index contributed by atoms with van der Waals surface area (Å²) in [6.45, 7) is 0.472. The Labute approximate surface area is 198 Å². The number of aromatic nitrogens is 1. The van der Waals surface area contributed by atoms with Crippen LogP contribution in [0.3, 0.4) is 0 Å². The van der Waals surface area contributed by atoms with Gasteiger partial charge < -0.3 is 4.57 Å². The second-order valence-electron chi connectivity index (χ2n) is 7.79. The molecule has 6 nitrogen and oxygen atoms in total. The molecule has 1 aromatic heterocycles. The molecule has 4 amide bonds. The lowest BCUT2D eigenvalue weighted by Crippen LogP contribution is -2.54. The smallest absolute Gasteiger partial charge is 0.335 e. The van der Waals surface area contributed by atoms with E-state index in [0.717, 1.165) is 21.4 Å². The summed E-state index contributed by atoms with van der Waals surface area (Å²) in [7, 11) is 0. The maximum atomic E-state index is 13.3. The fraction of sp³-hybridized carbons (Fsp3) is 0.0385. The van der Waals surface area contributed by atoms with Crippen molar-refractivity contribution < 1.29 is 18.8 Å². The van der Waals surface area contributed by atoms with E-state index in [-0.39, 0.29) is 11.4 Å². The Morgan fingerprint density at radius 2 is 1.62 bits per heavy atom. The Balaban J connectivity index is 1.56. The van der Waals surface area contributed by atoms with Gasteiger partial charge in [0.25, 0.3) is 11.8 Å². The van der Waals surface area contributed by atoms with Gasteiger partial charge in [0.1, 0.15) is 11.4 Å². The number of para-hydroxylation sites is 1. The summed E-state index contributed by atoms with van der Waals surface area (Å²) >= 11 is 5.92. The predicted molar refractivity (Wildman–Crippen MR) is 128 cm³/mol. The van der Waals surface area contributed by atoms with E-state index in [9.17, 15) is 18.8 Å². The summed E-state index contributed by atoms with van der Waals surface area (Å²) in [5, 5.41) is 3.51. The third-order valence-electron chi connectivity index (χ3n) is 5.57. The third kappa shape index (κ3) is 3.97. The monoisotopic (exact) mass is 473 g/mol. The number of hydrogen-bond donors (Lipinski definition) is 1. The van der Waals surface area contributed by atoms with Crippen LogP contribution >= 0.6 is 11.6 Å². The number of nitrogens with zero attached hydrogens (tertiary/aromatic N) is 2. The minimum Gasteiger partial charge on any atom is -0.342 e. The molecule has 0 saturated carbocycles. The van der Waals surface area contributed by atoms with Gasteiger partial charge in [0.15, 0.2) is 0 Å². The molecule has 1 aliphatic heterocycles. The Bertz CT molecular complexity index is 1470. The zero-order valence-corrected chi connectivity index (χ0v) is 18.4. The maximum absolute atomic E-state index is 13.3. The lowest BCUT2D eigenvalue weighted by atomic mass is 10.1. The summed E-state index contributed by atoms with van der Waals surface area (Å²) in [6.07, 6.45) is 3.31. The highest BCUT2D eigenvalue weighted by atomic mass is 35.5. The van der Waals surface area contributed by atoms with Gasteiger partial charge in [0.2, 0.25) is 0 Å². The Morgan fingerprint density at radius 3 is 2.35 bits per heavy atom. The average molecular weight is 474 g/mol. The number of imide groups is 2. The molecule has 168 valence electrons. The first-order valence-electron chi connectivity index (χ1n) is 10.4. The van der Waals surface area contributed by atoms with E-state index < -0.39 is 17.8 Å². The van der Waals surface area contributed by atoms with Crippen molar-refractivity contribution in [3.05, 3.63) is 107 Å². The quantitative estimate of drug-likeness (QED) is 0.329. The number of nitrogens with one attached hydrogen (secondary N) is 1. The van der Waals surface area contributed by atoms with Crippen molar-refractivity contribution in [1.82, 2.24) is 9.88 Å². The van der Waals surface area contributed by atoms with Gasteiger partial charge in [-0.2, -0.15) is 0 Å². The largest absolute Gasteiger partial charge is 0.342 e. The number of amides is 4. The second kappa shape index (κ2) is 8.61. The summed E-state index contributed by atoms with van der Waals surface area (Å²) in [6, 6.07) is 19.1. The zero-order valence-electron chi connectivity index (χ0n) is 17.7. The van der Waals surface area contributed by atoms with E-state index in [4.69, 9.17) is 11.6 Å². The minimum atomic E-state index is -0.826. The molecule has 1 N–H and O–H groups in total. The molecule has 0 bridgehead atoms. The predicted octanol–water partition coefficient (Wildman–Crippen LogP) is 5.15. The van der Waals surface area contributed by atoms with Crippen molar-refractivity contribution in [1.29, 1.82) is 0 Å². The first-order valence-corrected chi connectivity index (χ1v) is 10.8. The van der Waals surface area contributed by atoms with Gasteiger partial charge >= 0.3 is 6.03 Å². The van der Waals surface area contributed by atoms with Crippen LogP contribution in [-0.4, -0.2) is 22.4 Å². The summed E-state index contributed by atoms with van der Waals surface area (Å²) in [4.78, 5) is 39.1. The molecule has 0 aliphatic carbocycles. The SMILES string of the molecule is O=C1NC(=O)N(c2ccc(Cl)cc2)C(=O)C1=Cc1cn(Cc2ccc(F)cc2)c2ccccc12. The van der Waals surface area contributed by atoms with Crippen LogP contribution in [0.2, 0.25) is 5.02 Å². The van der Waals surface area contributed by atoms with Gasteiger partial charge in [-0.3, -0.25) is 14.9 Å². The van der Waals surface area contributed by atoms with E-state index in [1.165, 1.54) is 30.3 Å². The lowest BCUT2D eigenvalue weighted by Gasteiger charge is -2.26. The Hall–Kier alpha value is -4.23. The molecule has 8 heteroatoms. The van der Waals surface area contributed by atoms with Crippen LogP contribution in [0, 0.1) is 5.82 Å². The van der Waals surface area contributed by atoms with Gasteiger partial charge in [0.05, 0.1) is 5.69 Å². The molecule has 1 aliphatic rings. The molecular formula is C26H17ClFN3O3. The first kappa shape index (κ1) is 21.6.